The summed E-state index contributed by atoms with van der Waals surface area (Å²) in [5.74, 6) is 0.0204. The number of rotatable bonds is 2. The van der Waals surface area contributed by atoms with E-state index in [0.29, 0.717) is 21.6 Å². The van der Waals surface area contributed by atoms with Crippen molar-refractivity contribution in [3.05, 3.63) is 106 Å². The van der Waals surface area contributed by atoms with Gasteiger partial charge in [-0.3, -0.25) is 9.69 Å². The summed E-state index contributed by atoms with van der Waals surface area (Å²) in [4.78, 5) is 21.3. The van der Waals surface area contributed by atoms with Crippen LogP contribution in [0.2, 0.25) is 5.02 Å². The van der Waals surface area contributed by atoms with Crippen LogP contribution >= 0.6 is 23.2 Å². The van der Waals surface area contributed by atoms with Crippen LogP contribution in [-0.2, 0) is 4.79 Å². The number of amides is 1. The average Bonchev–Trinajstić information content (AvgIpc) is 2.79. The van der Waals surface area contributed by atoms with Crippen molar-refractivity contribution in [2.45, 2.75) is 0 Å². The van der Waals surface area contributed by atoms with Crippen molar-refractivity contribution in [3.63, 3.8) is 0 Å². The topological polar surface area (TPSA) is 35.9 Å². The van der Waals surface area contributed by atoms with Gasteiger partial charge in [-0.05, 0) is 29.8 Å². The van der Waals surface area contributed by atoms with Crippen LogP contribution in [0.5, 0.6) is 0 Å². The summed E-state index contributed by atoms with van der Waals surface area (Å²) in [5, 5.41) is 0.986. The highest BCUT2D eigenvalue weighted by Crippen LogP contribution is 2.44. The van der Waals surface area contributed by atoms with Gasteiger partial charge in [-0.2, -0.15) is 0 Å². The van der Waals surface area contributed by atoms with Gasteiger partial charge in [0.15, 0.2) is 0 Å². The Morgan fingerprint density at radius 1 is 0.903 bits per heavy atom. The maximum Gasteiger partial charge on any atom is 0.294 e. The Morgan fingerprint density at radius 2 is 1.58 bits per heavy atom. The first-order valence-electron chi connectivity index (χ1n) is 9.73. The van der Waals surface area contributed by atoms with Crippen molar-refractivity contribution >= 4 is 58.1 Å². The van der Waals surface area contributed by atoms with Gasteiger partial charge in [0.1, 0.15) is 5.16 Å². The SMILES string of the molecule is CN1C(=O)C2=Nc3ccc(Cl)cc3/C(=C\c3ccccc3)N2C(Cl)=C1c1ccccc1. The van der Waals surface area contributed by atoms with Crippen molar-refractivity contribution in [1.82, 2.24) is 9.80 Å². The minimum Gasteiger partial charge on any atom is -0.305 e. The molecular formula is C25H17Cl2N3O. The number of likely N-dealkylation sites (N-methyl/N-ethyl adjacent to an activating group) is 1. The van der Waals surface area contributed by atoms with E-state index in [0.717, 1.165) is 22.4 Å². The highest BCUT2D eigenvalue weighted by atomic mass is 35.5. The number of nitrogens with zero attached hydrogens (tertiary/aromatic N) is 3. The maximum absolute atomic E-state index is 13.4. The summed E-state index contributed by atoms with van der Waals surface area (Å²) in [6.07, 6.45) is 1.99. The van der Waals surface area contributed by atoms with Crippen LogP contribution in [0, 0.1) is 0 Å². The molecule has 5 rings (SSSR count). The van der Waals surface area contributed by atoms with E-state index in [4.69, 9.17) is 23.2 Å². The fraction of sp³-hybridized carbons (Fsp3) is 0.0400. The number of aliphatic imine (C=N–C) groups is 1. The lowest BCUT2D eigenvalue weighted by molar-refractivity contribution is -0.121. The van der Waals surface area contributed by atoms with E-state index in [2.05, 4.69) is 4.99 Å². The largest absolute Gasteiger partial charge is 0.305 e. The van der Waals surface area contributed by atoms with Gasteiger partial charge in [-0.15, -0.1) is 0 Å². The standard InChI is InChI=1S/C25H17Cl2N3O/c1-29-22(17-10-6-3-7-11-17)23(27)30-21(14-16-8-4-2-5-9-16)19-15-18(26)12-13-20(19)28-24(30)25(29)31/h2-15H,1H3/b21-14+. The molecule has 1 amide bonds. The first-order valence-corrected chi connectivity index (χ1v) is 10.5. The first-order chi connectivity index (χ1) is 15.0. The highest BCUT2D eigenvalue weighted by Gasteiger charge is 2.40. The van der Waals surface area contributed by atoms with E-state index in [1.807, 2.05) is 78.9 Å². The van der Waals surface area contributed by atoms with Crippen molar-refractivity contribution < 1.29 is 4.79 Å². The highest BCUT2D eigenvalue weighted by molar-refractivity contribution is 6.48. The van der Waals surface area contributed by atoms with Gasteiger partial charge in [0.2, 0.25) is 5.84 Å². The summed E-state index contributed by atoms with van der Waals surface area (Å²) in [6.45, 7) is 0. The summed E-state index contributed by atoms with van der Waals surface area (Å²) >= 11 is 13.3. The molecule has 152 valence electrons. The van der Waals surface area contributed by atoms with Crippen LogP contribution in [0.4, 0.5) is 5.69 Å². The van der Waals surface area contributed by atoms with E-state index in [1.165, 1.54) is 0 Å². The van der Waals surface area contributed by atoms with E-state index in [-0.39, 0.29) is 11.7 Å². The molecule has 2 aliphatic heterocycles. The van der Waals surface area contributed by atoms with Crippen LogP contribution in [-0.4, -0.2) is 28.6 Å². The zero-order chi connectivity index (χ0) is 21.5. The Morgan fingerprint density at radius 3 is 2.29 bits per heavy atom. The summed E-state index contributed by atoms with van der Waals surface area (Å²) < 4.78 is 0. The number of amidine groups is 1. The number of halogens is 2. The van der Waals surface area contributed by atoms with Crippen molar-refractivity contribution in [1.29, 1.82) is 0 Å². The van der Waals surface area contributed by atoms with Crippen molar-refractivity contribution in [3.8, 4) is 0 Å². The molecule has 2 heterocycles. The van der Waals surface area contributed by atoms with E-state index < -0.39 is 0 Å². The van der Waals surface area contributed by atoms with Gasteiger partial charge in [0.25, 0.3) is 5.91 Å². The molecule has 31 heavy (non-hydrogen) atoms. The smallest absolute Gasteiger partial charge is 0.294 e. The molecular weight excluding hydrogens is 429 g/mol. The Balaban J connectivity index is 1.80. The predicted molar refractivity (Wildman–Crippen MR) is 127 cm³/mol. The van der Waals surface area contributed by atoms with E-state index in [9.17, 15) is 4.79 Å². The van der Waals surface area contributed by atoms with Crippen LogP contribution in [0.3, 0.4) is 0 Å². The Kier molecular flexibility index (Phi) is 4.89. The molecule has 0 saturated carbocycles. The first kappa shape index (κ1) is 19.6. The third-order valence-corrected chi connectivity index (χ3v) is 5.87. The molecule has 6 heteroatoms. The van der Waals surface area contributed by atoms with Crippen molar-refractivity contribution in [2.75, 3.05) is 7.05 Å². The molecule has 3 aromatic rings. The second kappa shape index (κ2) is 7.73. The zero-order valence-corrected chi connectivity index (χ0v) is 18.1. The summed E-state index contributed by atoms with van der Waals surface area (Å²) in [7, 11) is 1.71. The molecule has 4 nitrogen and oxygen atoms in total. The zero-order valence-electron chi connectivity index (χ0n) is 16.6. The third-order valence-electron chi connectivity index (χ3n) is 5.29. The molecule has 2 aliphatic rings. The lowest BCUT2D eigenvalue weighted by atomic mass is 10.0. The lowest BCUT2D eigenvalue weighted by Gasteiger charge is -2.39. The number of carbonyl (C=O) groups is 1. The molecule has 3 aromatic carbocycles. The van der Waals surface area contributed by atoms with Crippen LogP contribution < -0.4 is 0 Å². The second-order valence-corrected chi connectivity index (χ2v) is 8.04. The van der Waals surface area contributed by atoms with Crippen LogP contribution in [0.25, 0.3) is 17.5 Å². The maximum atomic E-state index is 13.4. The third kappa shape index (κ3) is 3.34. The van der Waals surface area contributed by atoms with Gasteiger partial charge >= 0.3 is 0 Å². The van der Waals surface area contributed by atoms with Gasteiger partial charge in [-0.25, -0.2) is 4.99 Å². The van der Waals surface area contributed by atoms with E-state index in [1.54, 1.807) is 22.9 Å². The Hall–Kier alpha value is -3.34. The quantitative estimate of drug-likeness (QED) is 0.438. The Bertz CT molecular complexity index is 1280. The monoisotopic (exact) mass is 445 g/mol. The Labute approximate surface area is 190 Å². The molecule has 0 radical (unpaired) electrons. The molecule has 0 aromatic heterocycles. The fourth-order valence-corrected chi connectivity index (χ4v) is 4.38. The molecule has 0 unspecified atom stereocenters. The average molecular weight is 446 g/mol. The molecule has 0 atom stereocenters. The number of hydrogen-bond acceptors (Lipinski definition) is 3. The fourth-order valence-electron chi connectivity index (χ4n) is 3.81. The van der Waals surface area contributed by atoms with Gasteiger partial charge in [0, 0.05) is 23.2 Å². The van der Waals surface area contributed by atoms with Crippen LogP contribution in [0.15, 0.2) is 89.0 Å². The van der Waals surface area contributed by atoms with Gasteiger partial charge in [-0.1, -0.05) is 83.9 Å². The molecule has 0 spiro atoms. The number of benzene rings is 3. The molecule has 0 N–H and O–H groups in total. The number of fused-ring (bicyclic) bond motifs is 2. The lowest BCUT2D eigenvalue weighted by Crippen LogP contribution is -2.47. The minimum absolute atomic E-state index is 0.234. The van der Waals surface area contributed by atoms with Gasteiger partial charge < -0.3 is 4.90 Å². The second-order valence-electron chi connectivity index (χ2n) is 7.24. The van der Waals surface area contributed by atoms with Crippen molar-refractivity contribution in [2.24, 2.45) is 4.99 Å². The molecule has 0 bridgehead atoms. The number of carbonyl (C=O) groups excluding carboxylic acids is 1. The summed E-state index contributed by atoms with van der Waals surface area (Å²) in [5.41, 5.74) is 4.67. The number of hydrogen-bond donors (Lipinski definition) is 0. The van der Waals surface area contributed by atoms with E-state index >= 15 is 0 Å². The molecule has 0 saturated heterocycles. The predicted octanol–water partition coefficient (Wildman–Crippen LogP) is 6.22. The van der Waals surface area contributed by atoms with Gasteiger partial charge in [0.05, 0.1) is 17.1 Å². The molecule has 0 aliphatic carbocycles. The van der Waals surface area contributed by atoms with Crippen LogP contribution in [0.1, 0.15) is 16.7 Å². The molecule has 0 fully saturated rings. The minimum atomic E-state index is -0.234. The normalized spacial score (nSPS) is 16.9. The summed E-state index contributed by atoms with van der Waals surface area (Å²) in [6, 6.07) is 24.9.